The number of hydrogen-bond acceptors (Lipinski definition) is 3. The quantitative estimate of drug-likeness (QED) is 0.683. The van der Waals surface area contributed by atoms with Crippen molar-refractivity contribution in [3.05, 3.63) is 59.9 Å². The molecule has 0 heterocycles. The Bertz CT molecular complexity index is 754. The van der Waals surface area contributed by atoms with Gasteiger partial charge in [0, 0.05) is 11.8 Å². The molecule has 0 radical (unpaired) electrons. The number of benzene rings is 2. The highest BCUT2D eigenvalue weighted by molar-refractivity contribution is 6.01. The van der Waals surface area contributed by atoms with E-state index < -0.39 is 0 Å². The molecule has 2 aromatic carbocycles. The van der Waals surface area contributed by atoms with E-state index in [1.54, 1.807) is 13.2 Å². The summed E-state index contributed by atoms with van der Waals surface area (Å²) in [7, 11) is 1.58. The molecule has 0 spiro atoms. The van der Waals surface area contributed by atoms with Crippen molar-refractivity contribution in [1.82, 2.24) is 0 Å². The van der Waals surface area contributed by atoms with Gasteiger partial charge >= 0.3 is 0 Å². The maximum Gasteiger partial charge on any atom is 0.248 e. The molecular weight excluding hydrogens is 333 g/mol. The summed E-state index contributed by atoms with van der Waals surface area (Å²) < 4.78 is 24.0. The van der Waals surface area contributed by atoms with E-state index in [2.05, 4.69) is 19.2 Å². The Hall–Kier alpha value is -2.82. The predicted octanol–water partition coefficient (Wildman–Crippen LogP) is 4.91. The zero-order valence-corrected chi connectivity index (χ0v) is 15.3. The minimum absolute atomic E-state index is 0.298. The van der Waals surface area contributed by atoms with Crippen LogP contribution in [0.3, 0.4) is 0 Å². The number of ether oxygens (including phenoxy) is 2. The van der Waals surface area contributed by atoms with Gasteiger partial charge in [-0.05, 0) is 60.4 Å². The van der Waals surface area contributed by atoms with Crippen molar-refractivity contribution in [2.24, 2.45) is 5.92 Å². The Kier molecular flexibility index (Phi) is 7.21. The van der Waals surface area contributed by atoms with Crippen molar-refractivity contribution in [1.29, 1.82) is 0 Å². The van der Waals surface area contributed by atoms with E-state index in [0.717, 1.165) is 12.0 Å². The summed E-state index contributed by atoms with van der Waals surface area (Å²) in [6.07, 6.45) is 4.06. The minimum Gasteiger partial charge on any atom is -0.493 e. The molecule has 2 rings (SSSR count). The summed E-state index contributed by atoms with van der Waals surface area (Å²) >= 11 is 0. The Morgan fingerprint density at radius 2 is 1.88 bits per heavy atom. The van der Waals surface area contributed by atoms with Crippen molar-refractivity contribution < 1.29 is 18.7 Å². The van der Waals surface area contributed by atoms with E-state index in [1.165, 1.54) is 30.3 Å². The number of nitrogens with one attached hydrogen (secondary N) is 1. The number of anilines is 1. The number of carbonyl (C=O) groups is 1. The van der Waals surface area contributed by atoms with Crippen molar-refractivity contribution in [2.45, 2.75) is 20.3 Å². The van der Waals surface area contributed by atoms with Crippen LogP contribution in [-0.4, -0.2) is 19.6 Å². The molecule has 2 aromatic rings. The number of carbonyl (C=O) groups excluding carboxylic acids is 1. The van der Waals surface area contributed by atoms with Gasteiger partial charge in [0.1, 0.15) is 5.82 Å². The van der Waals surface area contributed by atoms with Crippen molar-refractivity contribution in [2.75, 3.05) is 19.0 Å². The summed E-state index contributed by atoms with van der Waals surface area (Å²) in [5.74, 6) is 1.23. The third-order valence-corrected chi connectivity index (χ3v) is 3.68. The molecule has 0 aliphatic heterocycles. The molecule has 0 aliphatic rings. The molecule has 0 bridgehead atoms. The fraction of sp³-hybridized carbons (Fsp3) is 0.286. The zero-order valence-electron chi connectivity index (χ0n) is 15.3. The number of amides is 1. The standard InChI is InChI=1S/C21H24FNO3/c1-15(2)12-13-26-19-10-4-16(14-20(19)25-3)5-11-21(24)23-18-8-6-17(22)7-9-18/h4-11,14-15H,12-13H2,1-3H3,(H,23,24). The maximum absolute atomic E-state index is 12.9. The average molecular weight is 357 g/mol. The zero-order chi connectivity index (χ0) is 18.9. The van der Waals surface area contributed by atoms with Gasteiger partial charge in [0.25, 0.3) is 0 Å². The van der Waals surface area contributed by atoms with E-state index in [4.69, 9.17) is 9.47 Å². The summed E-state index contributed by atoms with van der Waals surface area (Å²) in [5, 5.41) is 2.67. The third kappa shape index (κ3) is 6.24. The Balaban J connectivity index is 1.98. The second-order valence-corrected chi connectivity index (χ2v) is 6.27. The van der Waals surface area contributed by atoms with Gasteiger partial charge < -0.3 is 14.8 Å². The molecule has 0 saturated heterocycles. The predicted molar refractivity (Wildman–Crippen MR) is 102 cm³/mol. The fourth-order valence-electron chi connectivity index (χ4n) is 2.20. The first-order valence-corrected chi connectivity index (χ1v) is 8.53. The smallest absolute Gasteiger partial charge is 0.248 e. The largest absolute Gasteiger partial charge is 0.493 e. The average Bonchev–Trinajstić information content (AvgIpc) is 2.62. The second-order valence-electron chi connectivity index (χ2n) is 6.27. The lowest BCUT2D eigenvalue weighted by atomic mass is 10.1. The van der Waals surface area contributed by atoms with Crippen molar-refractivity contribution in [3.63, 3.8) is 0 Å². The van der Waals surface area contributed by atoms with Gasteiger partial charge in [0.05, 0.1) is 13.7 Å². The second kappa shape index (κ2) is 9.61. The highest BCUT2D eigenvalue weighted by atomic mass is 19.1. The van der Waals surface area contributed by atoms with Gasteiger partial charge in [-0.2, -0.15) is 0 Å². The molecule has 0 atom stereocenters. The lowest BCUT2D eigenvalue weighted by molar-refractivity contribution is -0.111. The van der Waals surface area contributed by atoms with E-state index in [1.807, 2.05) is 18.2 Å². The van der Waals surface area contributed by atoms with Gasteiger partial charge in [-0.25, -0.2) is 4.39 Å². The normalized spacial score (nSPS) is 11.0. The highest BCUT2D eigenvalue weighted by Crippen LogP contribution is 2.29. The number of rotatable bonds is 8. The SMILES string of the molecule is COc1cc(C=CC(=O)Nc2ccc(F)cc2)ccc1OCCC(C)C. The monoisotopic (exact) mass is 357 g/mol. The molecule has 4 nitrogen and oxygen atoms in total. The van der Waals surface area contributed by atoms with Crippen molar-refractivity contribution >= 4 is 17.7 Å². The first-order chi connectivity index (χ1) is 12.5. The Morgan fingerprint density at radius 3 is 2.54 bits per heavy atom. The van der Waals surface area contributed by atoms with Crippen LogP contribution >= 0.6 is 0 Å². The summed E-state index contributed by atoms with van der Waals surface area (Å²) in [5.41, 5.74) is 1.35. The lowest BCUT2D eigenvalue weighted by Gasteiger charge is -2.12. The molecular formula is C21H24FNO3. The molecule has 0 aromatic heterocycles. The fourth-order valence-corrected chi connectivity index (χ4v) is 2.20. The number of halogens is 1. The van der Waals surface area contributed by atoms with Crippen LogP contribution in [0.15, 0.2) is 48.5 Å². The molecule has 138 valence electrons. The first kappa shape index (κ1) is 19.5. The van der Waals surface area contributed by atoms with Crippen LogP contribution in [0, 0.1) is 11.7 Å². The van der Waals surface area contributed by atoms with Gasteiger partial charge in [-0.1, -0.05) is 19.9 Å². The van der Waals surface area contributed by atoms with Crippen LogP contribution in [0.4, 0.5) is 10.1 Å². The van der Waals surface area contributed by atoms with E-state index in [0.29, 0.717) is 29.7 Å². The van der Waals surface area contributed by atoms with Gasteiger partial charge in [-0.15, -0.1) is 0 Å². The van der Waals surface area contributed by atoms with Crippen LogP contribution in [0.5, 0.6) is 11.5 Å². The lowest BCUT2D eigenvalue weighted by Crippen LogP contribution is -2.07. The van der Waals surface area contributed by atoms with E-state index in [9.17, 15) is 9.18 Å². The van der Waals surface area contributed by atoms with E-state index in [-0.39, 0.29) is 11.7 Å². The van der Waals surface area contributed by atoms with Gasteiger partial charge in [-0.3, -0.25) is 4.79 Å². The Morgan fingerprint density at radius 1 is 1.15 bits per heavy atom. The third-order valence-electron chi connectivity index (χ3n) is 3.68. The minimum atomic E-state index is -0.346. The summed E-state index contributed by atoms with van der Waals surface area (Å²) in [6.45, 7) is 4.92. The molecule has 0 aliphatic carbocycles. The Labute approximate surface area is 153 Å². The first-order valence-electron chi connectivity index (χ1n) is 8.53. The topological polar surface area (TPSA) is 47.6 Å². The van der Waals surface area contributed by atoms with Crippen LogP contribution in [-0.2, 0) is 4.79 Å². The van der Waals surface area contributed by atoms with Crippen LogP contribution in [0.2, 0.25) is 0 Å². The maximum atomic E-state index is 12.9. The van der Waals surface area contributed by atoms with Crippen LogP contribution in [0.25, 0.3) is 6.08 Å². The molecule has 0 fully saturated rings. The summed E-state index contributed by atoms with van der Waals surface area (Å²) in [4.78, 5) is 11.9. The molecule has 0 saturated carbocycles. The molecule has 0 unspecified atom stereocenters. The van der Waals surface area contributed by atoms with Crippen LogP contribution in [0.1, 0.15) is 25.8 Å². The number of methoxy groups -OCH3 is 1. The molecule has 1 amide bonds. The molecule has 5 heteroatoms. The molecule has 26 heavy (non-hydrogen) atoms. The van der Waals surface area contributed by atoms with Gasteiger partial charge in [0.15, 0.2) is 11.5 Å². The van der Waals surface area contributed by atoms with Gasteiger partial charge in [0.2, 0.25) is 5.91 Å². The highest BCUT2D eigenvalue weighted by Gasteiger charge is 2.06. The summed E-state index contributed by atoms with van der Waals surface area (Å²) in [6, 6.07) is 11.1. The molecule has 1 N–H and O–H groups in total. The van der Waals surface area contributed by atoms with Crippen molar-refractivity contribution in [3.8, 4) is 11.5 Å². The van der Waals surface area contributed by atoms with E-state index >= 15 is 0 Å². The van der Waals surface area contributed by atoms with Crippen LogP contribution < -0.4 is 14.8 Å². The number of hydrogen-bond donors (Lipinski definition) is 1.